The van der Waals surface area contributed by atoms with Crippen LogP contribution in [0.4, 0.5) is 5.69 Å². The van der Waals surface area contributed by atoms with E-state index in [1.807, 2.05) is 25.1 Å². The highest BCUT2D eigenvalue weighted by Crippen LogP contribution is 2.23. The summed E-state index contributed by atoms with van der Waals surface area (Å²) < 4.78 is 1.06. The van der Waals surface area contributed by atoms with E-state index in [9.17, 15) is 4.79 Å². The molecule has 0 aliphatic carbocycles. The van der Waals surface area contributed by atoms with Gasteiger partial charge in [-0.25, -0.2) is 0 Å². The van der Waals surface area contributed by atoms with Crippen molar-refractivity contribution in [2.45, 2.75) is 33.2 Å². The van der Waals surface area contributed by atoms with Gasteiger partial charge < -0.3 is 5.32 Å². The molecular formula is C21H25BrN2O. The molecule has 1 aliphatic heterocycles. The molecule has 1 heterocycles. The van der Waals surface area contributed by atoms with E-state index in [2.05, 4.69) is 57.3 Å². The van der Waals surface area contributed by atoms with Gasteiger partial charge in [-0.1, -0.05) is 45.8 Å². The predicted molar refractivity (Wildman–Crippen MR) is 107 cm³/mol. The van der Waals surface area contributed by atoms with Crippen LogP contribution in [0.25, 0.3) is 0 Å². The Kier molecular flexibility index (Phi) is 5.92. The number of carbonyl (C=O) groups excluding carboxylic acids is 1. The molecule has 1 amide bonds. The van der Waals surface area contributed by atoms with Crippen LogP contribution in [0.1, 0.15) is 29.5 Å². The Hall–Kier alpha value is -1.65. The molecular weight excluding hydrogens is 376 g/mol. The Morgan fingerprint density at radius 1 is 1.24 bits per heavy atom. The molecule has 1 atom stereocenters. The minimum Gasteiger partial charge on any atom is -0.326 e. The number of amides is 1. The maximum Gasteiger partial charge on any atom is 0.228 e. The van der Waals surface area contributed by atoms with Gasteiger partial charge in [0.15, 0.2) is 0 Å². The van der Waals surface area contributed by atoms with Crippen LogP contribution in [-0.2, 0) is 11.3 Å². The van der Waals surface area contributed by atoms with E-state index >= 15 is 0 Å². The highest BCUT2D eigenvalue weighted by Gasteiger charge is 2.25. The van der Waals surface area contributed by atoms with Crippen LogP contribution in [0, 0.1) is 19.8 Å². The fourth-order valence-electron chi connectivity index (χ4n) is 3.45. The molecule has 2 aromatic rings. The fraction of sp³-hybridized carbons (Fsp3) is 0.381. The standard InChI is InChI=1S/C21H25BrN2O/c1-15-5-3-6-17(11-15)13-24-10-4-7-18(14-24)21(25)23-19-8-9-20(22)16(2)12-19/h3,5-6,8-9,11-12,18H,4,7,10,13-14H2,1-2H3,(H,23,25). The monoisotopic (exact) mass is 400 g/mol. The first kappa shape index (κ1) is 18.2. The van der Waals surface area contributed by atoms with Gasteiger partial charge in [-0.3, -0.25) is 9.69 Å². The third kappa shape index (κ3) is 4.93. The lowest BCUT2D eigenvalue weighted by atomic mass is 9.96. The number of piperidine rings is 1. The van der Waals surface area contributed by atoms with Crippen molar-refractivity contribution in [1.82, 2.24) is 4.90 Å². The molecule has 1 fully saturated rings. The summed E-state index contributed by atoms with van der Waals surface area (Å²) in [4.78, 5) is 15.1. The molecule has 0 saturated carbocycles. The second-order valence-electron chi connectivity index (χ2n) is 7.02. The number of hydrogen-bond acceptors (Lipinski definition) is 2. The number of hydrogen-bond donors (Lipinski definition) is 1. The van der Waals surface area contributed by atoms with Gasteiger partial charge in [0.2, 0.25) is 5.91 Å². The third-order valence-corrected chi connectivity index (χ3v) is 5.68. The maximum absolute atomic E-state index is 12.7. The summed E-state index contributed by atoms with van der Waals surface area (Å²) in [6, 6.07) is 14.6. The summed E-state index contributed by atoms with van der Waals surface area (Å²) in [6.45, 7) is 6.97. The van der Waals surface area contributed by atoms with Gasteiger partial charge in [-0.05, 0) is 62.6 Å². The van der Waals surface area contributed by atoms with E-state index in [1.54, 1.807) is 0 Å². The van der Waals surface area contributed by atoms with E-state index in [0.29, 0.717) is 0 Å². The molecule has 4 heteroatoms. The topological polar surface area (TPSA) is 32.3 Å². The van der Waals surface area contributed by atoms with Gasteiger partial charge in [-0.2, -0.15) is 0 Å². The summed E-state index contributed by atoms with van der Waals surface area (Å²) >= 11 is 3.50. The molecule has 1 unspecified atom stereocenters. The number of anilines is 1. The SMILES string of the molecule is Cc1cccc(CN2CCCC(C(=O)Nc3ccc(Br)c(C)c3)C2)c1. The number of benzene rings is 2. The van der Waals surface area contributed by atoms with E-state index < -0.39 is 0 Å². The van der Waals surface area contributed by atoms with Gasteiger partial charge in [0.05, 0.1) is 5.92 Å². The molecule has 0 radical (unpaired) electrons. The minimum atomic E-state index is 0.0579. The number of rotatable bonds is 4. The summed E-state index contributed by atoms with van der Waals surface area (Å²) in [5.74, 6) is 0.193. The Labute approximate surface area is 158 Å². The van der Waals surface area contributed by atoms with Crippen LogP contribution in [0.5, 0.6) is 0 Å². The zero-order valence-electron chi connectivity index (χ0n) is 14.9. The van der Waals surface area contributed by atoms with Crippen molar-refractivity contribution >= 4 is 27.5 Å². The lowest BCUT2D eigenvalue weighted by molar-refractivity contribution is -0.121. The predicted octanol–water partition coefficient (Wildman–Crippen LogP) is 4.92. The number of halogens is 1. The number of carbonyl (C=O) groups is 1. The molecule has 0 spiro atoms. The quantitative estimate of drug-likeness (QED) is 0.789. The van der Waals surface area contributed by atoms with Crippen molar-refractivity contribution < 1.29 is 4.79 Å². The van der Waals surface area contributed by atoms with Crippen molar-refractivity contribution in [2.24, 2.45) is 5.92 Å². The molecule has 0 aromatic heterocycles. The molecule has 1 N–H and O–H groups in total. The first-order valence-corrected chi connectivity index (χ1v) is 9.65. The molecule has 3 rings (SSSR count). The fourth-order valence-corrected chi connectivity index (χ4v) is 3.70. The second kappa shape index (κ2) is 8.15. The number of aryl methyl sites for hydroxylation is 2. The average Bonchev–Trinajstić information content (AvgIpc) is 2.58. The molecule has 2 aromatic carbocycles. The van der Waals surface area contributed by atoms with E-state index in [0.717, 1.165) is 48.2 Å². The summed E-state index contributed by atoms with van der Waals surface area (Å²) in [5, 5.41) is 3.09. The first-order chi connectivity index (χ1) is 12.0. The van der Waals surface area contributed by atoms with Gasteiger partial charge >= 0.3 is 0 Å². The first-order valence-electron chi connectivity index (χ1n) is 8.86. The number of likely N-dealkylation sites (tertiary alicyclic amines) is 1. The minimum absolute atomic E-state index is 0.0579. The molecule has 1 saturated heterocycles. The number of nitrogens with one attached hydrogen (secondary N) is 1. The van der Waals surface area contributed by atoms with Crippen molar-refractivity contribution in [3.05, 3.63) is 63.6 Å². The summed E-state index contributed by atoms with van der Waals surface area (Å²) in [5.41, 5.74) is 4.61. The van der Waals surface area contributed by atoms with Crippen LogP contribution < -0.4 is 5.32 Å². The molecule has 132 valence electrons. The van der Waals surface area contributed by atoms with Crippen molar-refractivity contribution in [1.29, 1.82) is 0 Å². The molecule has 3 nitrogen and oxygen atoms in total. The Morgan fingerprint density at radius 3 is 2.84 bits per heavy atom. The van der Waals surface area contributed by atoms with Gasteiger partial charge in [0.25, 0.3) is 0 Å². The van der Waals surface area contributed by atoms with Crippen molar-refractivity contribution in [3.63, 3.8) is 0 Å². The highest BCUT2D eigenvalue weighted by molar-refractivity contribution is 9.10. The molecule has 1 aliphatic rings. The van der Waals surface area contributed by atoms with E-state index in [1.165, 1.54) is 11.1 Å². The zero-order valence-corrected chi connectivity index (χ0v) is 16.5. The lowest BCUT2D eigenvalue weighted by Crippen LogP contribution is -2.40. The maximum atomic E-state index is 12.7. The smallest absolute Gasteiger partial charge is 0.228 e. The van der Waals surface area contributed by atoms with E-state index in [-0.39, 0.29) is 11.8 Å². The second-order valence-corrected chi connectivity index (χ2v) is 7.87. The van der Waals surface area contributed by atoms with Crippen molar-refractivity contribution in [3.8, 4) is 0 Å². The van der Waals surface area contributed by atoms with Crippen LogP contribution in [-0.4, -0.2) is 23.9 Å². The third-order valence-electron chi connectivity index (χ3n) is 4.79. The number of nitrogens with zero attached hydrogens (tertiary/aromatic N) is 1. The van der Waals surface area contributed by atoms with Crippen LogP contribution in [0.2, 0.25) is 0 Å². The van der Waals surface area contributed by atoms with Gasteiger partial charge in [0.1, 0.15) is 0 Å². The Balaban J connectivity index is 1.60. The van der Waals surface area contributed by atoms with E-state index in [4.69, 9.17) is 0 Å². The van der Waals surface area contributed by atoms with Crippen LogP contribution >= 0.6 is 15.9 Å². The largest absolute Gasteiger partial charge is 0.326 e. The summed E-state index contributed by atoms with van der Waals surface area (Å²) in [6.07, 6.45) is 2.04. The normalized spacial score (nSPS) is 18.1. The van der Waals surface area contributed by atoms with Gasteiger partial charge in [-0.15, -0.1) is 0 Å². The Morgan fingerprint density at radius 2 is 2.08 bits per heavy atom. The Bertz CT molecular complexity index is 759. The average molecular weight is 401 g/mol. The van der Waals surface area contributed by atoms with Crippen molar-refractivity contribution in [2.75, 3.05) is 18.4 Å². The lowest BCUT2D eigenvalue weighted by Gasteiger charge is -2.32. The molecule has 25 heavy (non-hydrogen) atoms. The highest BCUT2D eigenvalue weighted by atomic mass is 79.9. The van der Waals surface area contributed by atoms with Crippen LogP contribution in [0.3, 0.4) is 0 Å². The summed E-state index contributed by atoms with van der Waals surface area (Å²) in [7, 11) is 0. The van der Waals surface area contributed by atoms with Gasteiger partial charge in [0, 0.05) is 23.2 Å². The zero-order chi connectivity index (χ0) is 17.8. The molecule has 0 bridgehead atoms. The van der Waals surface area contributed by atoms with Crippen LogP contribution in [0.15, 0.2) is 46.9 Å².